The monoisotopic (exact) mass is 554 g/mol. The molecule has 0 aliphatic heterocycles. The summed E-state index contributed by atoms with van der Waals surface area (Å²) in [6.45, 7) is 0. The second-order valence-corrected chi connectivity index (χ2v) is 9.47. The first-order valence-electron chi connectivity index (χ1n) is 13.5. The molecule has 0 radical (unpaired) electrons. The highest BCUT2D eigenvalue weighted by molar-refractivity contribution is 6.01. The van der Waals surface area contributed by atoms with E-state index in [9.17, 15) is 9.59 Å². The van der Waals surface area contributed by atoms with Gasteiger partial charge in [0.2, 0.25) is 0 Å². The summed E-state index contributed by atoms with van der Waals surface area (Å²) in [6.07, 6.45) is 3.59. The van der Waals surface area contributed by atoms with E-state index in [1.165, 1.54) is 7.11 Å². The van der Waals surface area contributed by atoms with Crippen molar-refractivity contribution in [2.75, 3.05) is 17.7 Å². The molecule has 0 heterocycles. The zero-order valence-corrected chi connectivity index (χ0v) is 23.1. The molecule has 5 aromatic carbocycles. The van der Waals surface area contributed by atoms with E-state index in [2.05, 4.69) is 10.6 Å². The summed E-state index contributed by atoms with van der Waals surface area (Å²) < 4.78 is 11.5. The molecule has 208 valence electrons. The van der Waals surface area contributed by atoms with E-state index in [0.29, 0.717) is 17.1 Å². The molecule has 42 heavy (non-hydrogen) atoms. The third-order valence-electron chi connectivity index (χ3n) is 6.53. The third-order valence-corrected chi connectivity index (χ3v) is 6.53. The number of benzene rings is 5. The van der Waals surface area contributed by atoms with Gasteiger partial charge in [-0.05, 0) is 52.6 Å². The fourth-order valence-electron chi connectivity index (χ4n) is 4.42. The largest absolute Gasteiger partial charge is 0.480 e. The van der Waals surface area contributed by atoms with E-state index in [4.69, 9.17) is 9.47 Å². The molecular formula is C36H30N2O4. The first-order chi connectivity index (χ1) is 20.6. The Morgan fingerprint density at radius 1 is 0.619 bits per heavy atom. The van der Waals surface area contributed by atoms with Crippen LogP contribution in [0.5, 0.6) is 5.75 Å². The number of hydrogen-bond acceptors (Lipinski definition) is 4. The number of nitrogens with one attached hydrogen (secondary N) is 2. The van der Waals surface area contributed by atoms with Crippen LogP contribution in [0.1, 0.15) is 38.7 Å². The molecule has 2 N–H and O–H groups in total. The summed E-state index contributed by atoms with van der Waals surface area (Å²) in [5.41, 5.74) is 5.22. The molecule has 0 aliphatic rings. The highest BCUT2D eigenvalue weighted by Gasteiger charge is 2.21. The molecule has 0 saturated heterocycles. The number of urea groups is 1. The number of carbonyl (C=O) groups excluding carboxylic acids is 2. The van der Waals surface area contributed by atoms with Crippen LogP contribution in [-0.4, -0.2) is 19.1 Å². The Kier molecular flexibility index (Phi) is 9.07. The maximum Gasteiger partial charge on any atom is 0.341 e. The molecule has 0 aromatic heterocycles. The van der Waals surface area contributed by atoms with Crippen molar-refractivity contribution in [3.05, 3.63) is 161 Å². The van der Waals surface area contributed by atoms with Gasteiger partial charge in [0.15, 0.2) is 0 Å². The summed E-state index contributed by atoms with van der Waals surface area (Å²) in [5.74, 6) is -0.238. The number of esters is 1. The number of hydrogen-bond donors (Lipinski definition) is 2. The lowest BCUT2D eigenvalue weighted by atomic mass is 10.0. The molecule has 0 saturated carbocycles. The Bertz CT molecular complexity index is 1610. The van der Waals surface area contributed by atoms with Crippen molar-refractivity contribution in [2.45, 2.75) is 6.10 Å². The quantitative estimate of drug-likeness (QED) is 0.142. The fourth-order valence-corrected chi connectivity index (χ4v) is 4.42. The van der Waals surface area contributed by atoms with Crippen molar-refractivity contribution >= 4 is 35.5 Å². The molecule has 6 heteroatoms. The molecular weight excluding hydrogens is 524 g/mol. The van der Waals surface area contributed by atoms with Crippen LogP contribution in [0.2, 0.25) is 0 Å². The first kappa shape index (κ1) is 27.9. The lowest BCUT2D eigenvalue weighted by Crippen LogP contribution is -2.20. The maximum atomic E-state index is 12.8. The van der Waals surface area contributed by atoms with E-state index in [0.717, 1.165) is 22.3 Å². The van der Waals surface area contributed by atoms with Gasteiger partial charge in [0.1, 0.15) is 17.4 Å². The van der Waals surface area contributed by atoms with Crippen LogP contribution in [0.4, 0.5) is 16.2 Å². The van der Waals surface area contributed by atoms with Gasteiger partial charge >= 0.3 is 12.0 Å². The molecule has 0 spiro atoms. The van der Waals surface area contributed by atoms with Crippen LogP contribution in [0.25, 0.3) is 12.2 Å². The van der Waals surface area contributed by atoms with Gasteiger partial charge in [-0.3, -0.25) is 0 Å². The molecule has 5 aromatic rings. The SMILES string of the molecule is COC(=O)c1cc(NC(=O)Nc2ccc(/C=C/c3ccccc3)cc2)ccc1OC(c1ccccc1)c1ccccc1. The Morgan fingerprint density at radius 2 is 1.12 bits per heavy atom. The van der Waals surface area contributed by atoms with Crippen molar-refractivity contribution < 1.29 is 19.1 Å². The smallest absolute Gasteiger partial charge is 0.341 e. The molecule has 0 bridgehead atoms. The summed E-state index contributed by atoms with van der Waals surface area (Å²) >= 11 is 0. The minimum absolute atomic E-state index is 0.196. The van der Waals surface area contributed by atoms with Crippen molar-refractivity contribution in [1.29, 1.82) is 0 Å². The third kappa shape index (κ3) is 7.31. The van der Waals surface area contributed by atoms with Crippen molar-refractivity contribution in [3.8, 4) is 5.75 Å². The van der Waals surface area contributed by atoms with E-state index in [1.54, 1.807) is 18.2 Å². The van der Waals surface area contributed by atoms with Gasteiger partial charge in [0, 0.05) is 11.4 Å². The molecule has 0 unspecified atom stereocenters. The lowest BCUT2D eigenvalue weighted by molar-refractivity contribution is 0.0594. The highest BCUT2D eigenvalue weighted by atomic mass is 16.5. The van der Waals surface area contributed by atoms with E-state index < -0.39 is 18.1 Å². The van der Waals surface area contributed by atoms with E-state index in [-0.39, 0.29) is 5.56 Å². The summed E-state index contributed by atoms with van der Waals surface area (Å²) in [5, 5.41) is 5.61. The normalized spacial score (nSPS) is 10.8. The van der Waals surface area contributed by atoms with Gasteiger partial charge < -0.3 is 20.1 Å². The lowest BCUT2D eigenvalue weighted by Gasteiger charge is -2.22. The number of anilines is 2. The summed E-state index contributed by atoms with van der Waals surface area (Å²) in [4.78, 5) is 25.5. The zero-order chi connectivity index (χ0) is 29.1. The molecule has 5 rings (SSSR count). The highest BCUT2D eigenvalue weighted by Crippen LogP contribution is 2.32. The van der Waals surface area contributed by atoms with Crippen LogP contribution in [0.3, 0.4) is 0 Å². The molecule has 2 amide bonds. The van der Waals surface area contributed by atoms with Gasteiger partial charge in [-0.2, -0.15) is 0 Å². The second-order valence-electron chi connectivity index (χ2n) is 9.47. The second kappa shape index (κ2) is 13.6. The van der Waals surface area contributed by atoms with Crippen molar-refractivity contribution in [1.82, 2.24) is 0 Å². The number of carbonyl (C=O) groups is 2. The van der Waals surface area contributed by atoms with Crippen LogP contribution < -0.4 is 15.4 Å². The van der Waals surface area contributed by atoms with Gasteiger partial charge in [-0.25, -0.2) is 9.59 Å². The molecule has 0 aliphatic carbocycles. The molecule has 0 fully saturated rings. The average Bonchev–Trinajstić information content (AvgIpc) is 3.04. The predicted molar refractivity (Wildman–Crippen MR) is 168 cm³/mol. The minimum Gasteiger partial charge on any atom is -0.480 e. The zero-order valence-electron chi connectivity index (χ0n) is 23.1. The van der Waals surface area contributed by atoms with Crippen molar-refractivity contribution in [2.24, 2.45) is 0 Å². The van der Waals surface area contributed by atoms with Crippen LogP contribution >= 0.6 is 0 Å². The first-order valence-corrected chi connectivity index (χ1v) is 13.5. The Hall–Kier alpha value is -5.62. The van der Waals surface area contributed by atoms with Crippen LogP contribution in [-0.2, 0) is 4.74 Å². The van der Waals surface area contributed by atoms with Crippen LogP contribution in [0, 0.1) is 0 Å². The molecule has 0 atom stereocenters. The minimum atomic E-state index is -0.576. The number of methoxy groups -OCH3 is 1. The topological polar surface area (TPSA) is 76.7 Å². The Morgan fingerprint density at radius 3 is 1.69 bits per heavy atom. The van der Waals surface area contributed by atoms with Gasteiger partial charge in [-0.15, -0.1) is 0 Å². The summed E-state index contributed by atoms with van der Waals surface area (Å²) in [6, 6.07) is 41.5. The van der Waals surface area contributed by atoms with Crippen LogP contribution in [0.15, 0.2) is 133 Å². The van der Waals surface area contributed by atoms with Gasteiger partial charge in [0.25, 0.3) is 0 Å². The number of rotatable bonds is 9. The summed E-state index contributed by atoms with van der Waals surface area (Å²) in [7, 11) is 1.31. The average molecular weight is 555 g/mol. The number of ether oxygens (including phenoxy) is 2. The van der Waals surface area contributed by atoms with Crippen molar-refractivity contribution in [3.63, 3.8) is 0 Å². The predicted octanol–water partition coefficient (Wildman–Crippen LogP) is 8.46. The molecule has 6 nitrogen and oxygen atoms in total. The Balaban J connectivity index is 1.30. The standard InChI is InChI=1S/C36H30N2O4/c1-41-35(39)32-25-31(23-24-33(32)42-34(28-13-7-3-8-14-28)29-15-9-4-10-16-29)38-36(40)37-30-21-19-27(20-22-30)18-17-26-11-5-2-6-12-26/h2-25,34H,1H3,(H2,37,38,40)/b18-17+. The van der Waals surface area contributed by atoms with Gasteiger partial charge in [0.05, 0.1) is 7.11 Å². The fraction of sp³-hybridized carbons (Fsp3) is 0.0556. The number of amides is 2. The Labute approximate surface area is 245 Å². The van der Waals surface area contributed by atoms with Gasteiger partial charge in [-0.1, -0.05) is 115 Å². The maximum absolute atomic E-state index is 12.8. The van der Waals surface area contributed by atoms with E-state index in [1.807, 2.05) is 127 Å². The van der Waals surface area contributed by atoms with E-state index >= 15 is 0 Å².